The molecule has 0 saturated heterocycles. The van der Waals surface area contributed by atoms with Crippen molar-refractivity contribution in [3.63, 3.8) is 0 Å². The van der Waals surface area contributed by atoms with Crippen LogP contribution in [0.1, 0.15) is 0 Å². The normalized spacial score (nSPS) is 10.5. The lowest BCUT2D eigenvalue weighted by atomic mass is 10.1. The maximum Gasteiger partial charge on any atom is 0.261 e. The maximum atomic E-state index is 11.2. The number of rotatable bonds is 0. The quantitative estimate of drug-likeness (QED) is 0.685. The number of benzene rings is 1. The second-order valence-corrected chi connectivity index (χ2v) is 4.59. The molecule has 90 valence electrons. The van der Waals surface area contributed by atoms with Crippen molar-refractivity contribution < 1.29 is 13.0 Å². The van der Waals surface area contributed by atoms with Crippen LogP contribution in [0.25, 0.3) is 11.3 Å². The minimum absolute atomic E-state index is 0.0382. The van der Waals surface area contributed by atoms with Crippen molar-refractivity contribution in [2.24, 2.45) is 0 Å². The van der Waals surface area contributed by atoms with E-state index in [0.29, 0.717) is 17.5 Å². The van der Waals surface area contributed by atoms with Gasteiger partial charge in [0.05, 0.1) is 17.5 Å². The summed E-state index contributed by atoms with van der Waals surface area (Å²) in [4.78, 5) is 19.2. The molecule has 1 heterocycles. The molecule has 6 nitrogen and oxygen atoms in total. The van der Waals surface area contributed by atoms with Gasteiger partial charge in [-0.3, -0.25) is 19.3 Å². The maximum absolute atomic E-state index is 11.2. The Morgan fingerprint density at radius 1 is 1.24 bits per heavy atom. The minimum Gasteiger partial charge on any atom is -0.289 e. The zero-order valence-electron chi connectivity index (χ0n) is 8.94. The van der Waals surface area contributed by atoms with Crippen molar-refractivity contribution in [1.29, 1.82) is 0 Å². The van der Waals surface area contributed by atoms with Crippen molar-refractivity contribution in [2.45, 2.75) is 0 Å². The number of nitrogens with zero attached hydrogens (tertiary/aromatic N) is 2. The van der Waals surface area contributed by atoms with Crippen LogP contribution in [0, 0.1) is 0 Å². The highest BCUT2D eigenvalue weighted by molar-refractivity contribution is 7.85. The highest BCUT2D eigenvalue weighted by atomic mass is 32.2. The molecule has 17 heavy (non-hydrogen) atoms. The van der Waals surface area contributed by atoms with Crippen LogP contribution in [0.2, 0.25) is 0 Å². The summed E-state index contributed by atoms with van der Waals surface area (Å²) in [7, 11) is -3.67. The van der Waals surface area contributed by atoms with Crippen molar-refractivity contribution in [3.8, 4) is 11.3 Å². The molecule has 7 heteroatoms. The molecule has 0 spiro atoms. The number of aromatic nitrogens is 2. The number of hydrogen-bond acceptors (Lipinski definition) is 5. The second kappa shape index (κ2) is 5.46. The van der Waals surface area contributed by atoms with Gasteiger partial charge in [0.25, 0.3) is 10.1 Å². The summed E-state index contributed by atoms with van der Waals surface area (Å²) < 4.78 is 25.9. The molecular weight excluding hydrogens is 244 g/mol. The molecule has 0 unspecified atom stereocenters. The van der Waals surface area contributed by atoms with Crippen molar-refractivity contribution in [1.82, 2.24) is 9.97 Å². The first-order valence-electron chi connectivity index (χ1n) is 4.49. The van der Waals surface area contributed by atoms with E-state index in [1.165, 1.54) is 12.3 Å². The SMILES string of the molecule is CS(=O)(=O)O.O=c1cccc2nccncc1-2. The lowest BCUT2D eigenvalue weighted by Crippen LogP contribution is -2.02. The molecule has 0 aromatic carbocycles. The molecule has 2 aliphatic rings. The van der Waals surface area contributed by atoms with Gasteiger partial charge in [0.2, 0.25) is 0 Å². The Balaban J connectivity index is 0.000000249. The summed E-state index contributed by atoms with van der Waals surface area (Å²) in [5, 5.41) is 0. The van der Waals surface area contributed by atoms with Gasteiger partial charge in [-0.2, -0.15) is 8.42 Å². The molecule has 0 amide bonds. The Morgan fingerprint density at radius 2 is 1.88 bits per heavy atom. The van der Waals surface area contributed by atoms with E-state index in [9.17, 15) is 13.2 Å². The van der Waals surface area contributed by atoms with E-state index in [-0.39, 0.29) is 5.43 Å². The Morgan fingerprint density at radius 3 is 2.53 bits per heavy atom. The third-order valence-corrected chi connectivity index (χ3v) is 1.61. The van der Waals surface area contributed by atoms with Crippen LogP contribution in [0.15, 0.2) is 41.6 Å². The van der Waals surface area contributed by atoms with Gasteiger partial charge < -0.3 is 0 Å². The molecule has 0 aromatic heterocycles. The third-order valence-electron chi connectivity index (χ3n) is 1.61. The monoisotopic (exact) mass is 254 g/mol. The average Bonchev–Trinajstić information content (AvgIpc) is 2.41. The zero-order chi connectivity index (χ0) is 12.9. The molecule has 0 bridgehead atoms. The fourth-order valence-corrected chi connectivity index (χ4v) is 1.04. The van der Waals surface area contributed by atoms with Gasteiger partial charge in [0.1, 0.15) is 0 Å². The second-order valence-electron chi connectivity index (χ2n) is 3.13. The first-order valence-corrected chi connectivity index (χ1v) is 6.34. The highest BCUT2D eigenvalue weighted by Gasteiger charge is 2.02. The summed E-state index contributed by atoms with van der Waals surface area (Å²) in [5.74, 6) is 0. The van der Waals surface area contributed by atoms with Gasteiger partial charge in [0, 0.05) is 18.6 Å². The average molecular weight is 254 g/mol. The fourth-order valence-electron chi connectivity index (χ4n) is 1.04. The van der Waals surface area contributed by atoms with E-state index in [4.69, 9.17) is 4.55 Å². The summed E-state index contributed by atoms with van der Waals surface area (Å²) in [6.45, 7) is 0. The lowest BCUT2D eigenvalue weighted by Gasteiger charge is -1.93. The smallest absolute Gasteiger partial charge is 0.261 e. The fraction of sp³-hybridized carbons (Fsp3) is 0.100. The Labute approximate surface area is 98.1 Å². The molecular formula is C10H10N2O4S. The topological polar surface area (TPSA) is 97.2 Å². The highest BCUT2D eigenvalue weighted by Crippen LogP contribution is 2.09. The van der Waals surface area contributed by atoms with Gasteiger partial charge >= 0.3 is 0 Å². The van der Waals surface area contributed by atoms with E-state index < -0.39 is 10.1 Å². The van der Waals surface area contributed by atoms with E-state index in [1.807, 2.05) is 0 Å². The van der Waals surface area contributed by atoms with Crippen LogP contribution >= 0.6 is 0 Å². The van der Waals surface area contributed by atoms with E-state index >= 15 is 0 Å². The largest absolute Gasteiger partial charge is 0.289 e. The third kappa shape index (κ3) is 5.14. The molecule has 0 radical (unpaired) electrons. The van der Waals surface area contributed by atoms with Crippen molar-refractivity contribution in [3.05, 3.63) is 47.0 Å². The summed E-state index contributed by atoms with van der Waals surface area (Å²) >= 11 is 0. The van der Waals surface area contributed by atoms with Crippen LogP contribution in [0.4, 0.5) is 0 Å². The van der Waals surface area contributed by atoms with E-state index in [0.717, 1.165) is 0 Å². The van der Waals surface area contributed by atoms with Crippen LogP contribution in [-0.2, 0) is 10.1 Å². The predicted octanol–water partition coefficient (Wildman–Crippen LogP) is 0.446. The van der Waals surface area contributed by atoms with Gasteiger partial charge in [0.15, 0.2) is 5.43 Å². The van der Waals surface area contributed by atoms with E-state index in [2.05, 4.69) is 9.97 Å². The molecule has 0 atom stereocenters. The van der Waals surface area contributed by atoms with Crippen molar-refractivity contribution in [2.75, 3.05) is 6.26 Å². The first-order chi connectivity index (χ1) is 7.88. The molecule has 1 N–H and O–H groups in total. The Kier molecular flexibility index (Phi) is 4.24. The molecule has 0 saturated carbocycles. The van der Waals surface area contributed by atoms with Crippen LogP contribution in [0.3, 0.4) is 0 Å². The predicted molar refractivity (Wildman–Crippen MR) is 62.4 cm³/mol. The van der Waals surface area contributed by atoms with Crippen LogP contribution in [-0.4, -0.2) is 29.2 Å². The van der Waals surface area contributed by atoms with Gasteiger partial charge in [-0.1, -0.05) is 6.07 Å². The van der Waals surface area contributed by atoms with Gasteiger partial charge in [-0.25, -0.2) is 0 Å². The summed E-state index contributed by atoms with van der Waals surface area (Å²) in [6.07, 6.45) is 5.37. The summed E-state index contributed by atoms with van der Waals surface area (Å²) in [6, 6.07) is 4.99. The summed E-state index contributed by atoms with van der Waals surface area (Å²) in [5.41, 5.74) is 1.20. The van der Waals surface area contributed by atoms with Gasteiger partial charge in [-0.05, 0) is 12.1 Å². The van der Waals surface area contributed by atoms with Crippen LogP contribution in [0.5, 0.6) is 0 Å². The Bertz CT molecular complexity index is 619. The molecule has 0 fully saturated rings. The lowest BCUT2D eigenvalue weighted by molar-refractivity contribution is 0.490. The van der Waals surface area contributed by atoms with Crippen molar-refractivity contribution >= 4 is 10.1 Å². The van der Waals surface area contributed by atoms with E-state index in [1.54, 1.807) is 24.5 Å². The number of fused-ring (bicyclic) bond motifs is 1. The first kappa shape index (κ1) is 13.2. The van der Waals surface area contributed by atoms with Crippen LogP contribution < -0.4 is 5.43 Å². The van der Waals surface area contributed by atoms with Gasteiger partial charge in [-0.15, -0.1) is 0 Å². The minimum atomic E-state index is -3.67. The molecule has 2 rings (SSSR count). The zero-order valence-corrected chi connectivity index (χ0v) is 9.76. The molecule has 1 aliphatic carbocycles. The number of hydrogen-bond donors (Lipinski definition) is 1. The standard InChI is InChI=1S/C9H6N2O.CH4O3S/c12-9-3-1-2-8-7(9)6-10-4-5-11-8;1-5(2,3)4/h1-6H;1H3,(H,2,3,4). The Hall–Kier alpha value is -1.86. The molecule has 0 aromatic rings. The molecule has 1 aliphatic heterocycles.